The van der Waals surface area contributed by atoms with Gasteiger partial charge in [0.15, 0.2) is 18.2 Å². The number of carbonyl (C=O) groups is 2. The maximum atomic E-state index is 13.1. The van der Waals surface area contributed by atoms with Crippen molar-refractivity contribution < 1.29 is 23.1 Å². The first kappa shape index (κ1) is 16.0. The average Bonchev–Trinajstić information content (AvgIpc) is 3.03. The number of ether oxygens (including phenoxy) is 1. The SMILES string of the molecule is O=C(COC(=O)c1ccc2ncsc2c1)Nc1ccc(F)c(F)c1. The number of halogens is 2. The summed E-state index contributed by atoms with van der Waals surface area (Å²) >= 11 is 1.38. The number of hydrogen-bond acceptors (Lipinski definition) is 5. The summed E-state index contributed by atoms with van der Waals surface area (Å²) in [5, 5.41) is 2.31. The second kappa shape index (κ2) is 6.71. The molecule has 0 bridgehead atoms. The Hall–Kier alpha value is -2.87. The minimum atomic E-state index is -1.08. The Morgan fingerprint density at radius 3 is 2.75 bits per heavy atom. The van der Waals surface area contributed by atoms with Crippen molar-refractivity contribution >= 4 is 39.1 Å². The molecule has 1 heterocycles. The highest BCUT2D eigenvalue weighted by Crippen LogP contribution is 2.19. The molecule has 8 heteroatoms. The van der Waals surface area contributed by atoms with Crippen molar-refractivity contribution in [2.45, 2.75) is 0 Å². The minimum Gasteiger partial charge on any atom is -0.452 e. The highest BCUT2D eigenvalue weighted by atomic mass is 32.1. The van der Waals surface area contributed by atoms with Crippen LogP contribution in [0.5, 0.6) is 0 Å². The fraction of sp³-hybridized carbons (Fsp3) is 0.0625. The topological polar surface area (TPSA) is 68.3 Å². The van der Waals surface area contributed by atoms with Crippen molar-refractivity contribution in [3.8, 4) is 0 Å². The van der Waals surface area contributed by atoms with Gasteiger partial charge in [-0.25, -0.2) is 18.6 Å². The van der Waals surface area contributed by atoms with E-state index < -0.39 is 30.1 Å². The van der Waals surface area contributed by atoms with Crippen molar-refractivity contribution in [3.63, 3.8) is 0 Å². The van der Waals surface area contributed by atoms with E-state index in [9.17, 15) is 18.4 Å². The molecule has 122 valence electrons. The van der Waals surface area contributed by atoms with Gasteiger partial charge in [0.25, 0.3) is 5.91 Å². The highest BCUT2D eigenvalue weighted by Gasteiger charge is 2.12. The number of thiazole rings is 1. The van der Waals surface area contributed by atoms with Crippen LogP contribution in [0, 0.1) is 11.6 Å². The molecule has 0 radical (unpaired) electrons. The Balaban J connectivity index is 1.58. The van der Waals surface area contributed by atoms with E-state index in [-0.39, 0.29) is 5.69 Å². The summed E-state index contributed by atoms with van der Waals surface area (Å²) in [5.41, 5.74) is 2.80. The summed E-state index contributed by atoms with van der Waals surface area (Å²) in [7, 11) is 0. The molecule has 1 aromatic heterocycles. The molecule has 0 unspecified atom stereocenters. The molecule has 0 saturated carbocycles. The fourth-order valence-corrected chi connectivity index (χ4v) is 2.68. The monoisotopic (exact) mass is 348 g/mol. The zero-order chi connectivity index (χ0) is 17.1. The third-order valence-electron chi connectivity index (χ3n) is 3.10. The van der Waals surface area contributed by atoms with E-state index in [0.717, 1.165) is 22.3 Å². The van der Waals surface area contributed by atoms with Gasteiger partial charge >= 0.3 is 5.97 Å². The lowest BCUT2D eigenvalue weighted by molar-refractivity contribution is -0.119. The van der Waals surface area contributed by atoms with E-state index in [2.05, 4.69) is 10.3 Å². The fourth-order valence-electron chi connectivity index (χ4n) is 1.97. The van der Waals surface area contributed by atoms with Crippen LogP contribution < -0.4 is 5.32 Å². The van der Waals surface area contributed by atoms with Crippen LogP contribution in [-0.2, 0) is 9.53 Å². The Morgan fingerprint density at radius 2 is 1.96 bits per heavy atom. The Kier molecular flexibility index (Phi) is 4.48. The van der Waals surface area contributed by atoms with Crippen LogP contribution in [0.25, 0.3) is 10.2 Å². The van der Waals surface area contributed by atoms with Crippen LogP contribution >= 0.6 is 11.3 Å². The van der Waals surface area contributed by atoms with E-state index in [4.69, 9.17) is 4.74 Å². The molecule has 3 rings (SSSR count). The number of rotatable bonds is 4. The number of hydrogen-bond donors (Lipinski definition) is 1. The maximum Gasteiger partial charge on any atom is 0.338 e. The minimum absolute atomic E-state index is 0.0704. The average molecular weight is 348 g/mol. The van der Waals surface area contributed by atoms with Crippen molar-refractivity contribution in [3.05, 3.63) is 59.1 Å². The van der Waals surface area contributed by atoms with Gasteiger partial charge in [0, 0.05) is 11.8 Å². The largest absolute Gasteiger partial charge is 0.452 e. The zero-order valence-electron chi connectivity index (χ0n) is 12.1. The molecule has 2 aromatic carbocycles. The summed E-state index contributed by atoms with van der Waals surface area (Å²) in [4.78, 5) is 27.7. The molecule has 24 heavy (non-hydrogen) atoms. The van der Waals surface area contributed by atoms with Gasteiger partial charge in [-0.2, -0.15) is 0 Å². The first-order valence-corrected chi connectivity index (χ1v) is 7.66. The molecule has 0 saturated heterocycles. The van der Waals surface area contributed by atoms with Gasteiger partial charge in [-0.3, -0.25) is 4.79 Å². The summed E-state index contributed by atoms with van der Waals surface area (Å²) in [6, 6.07) is 7.80. The van der Waals surface area contributed by atoms with Crippen LogP contribution in [0.3, 0.4) is 0 Å². The van der Waals surface area contributed by atoms with Gasteiger partial charge in [0.2, 0.25) is 0 Å². The Labute approximate surface area is 138 Å². The first-order chi connectivity index (χ1) is 11.5. The van der Waals surface area contributed by atoms with E-state index in [1.807, 2.05) is 0 Å². The number of aromatic nitrogens is 1. The lowest BCUT2D eigenvalue weighted by Crippen LogP contribution is -2.21. The highest BCUT2D eigenvalue weighted by molar-refractivity contribution is 7.16. The van der Waals surface area contributed by atoms with Crippen molar-refractivity contribution in [2.75, 3.05) is 11.9 Å². The lowest BCUT2D eigenvalue weighted by atomic mass is 10.2. The predicted octanol–water partition coefficient (Wildman–Crippen LogP) is 3.37. The van der Waals surface area contributed by atoms with Crippen molar-refractivity contribution in [2.24, 2.45) is 0 Å². The number of benzene rings is 2. The van der Waals surface area contributed by atoms with Gasteiger partial charge in [-0.15, -0.1) is 11.3 Å². The van der Waals surface area contributed by atoms with Crippen molar-refractivity contribution in [1.29, 1.82) is 0 Å². The number of anilines is 1. The molecular weight excluding hydrogens is 338 g/mol. The number of esters is 1. The Bertz CT molecular complexity index is 927. The standard InChI is InChI=1S/C16H10F2N2O3S/c17-11-3-2-10(6-12(11)18)20-15(21)7-23-16(22)9-1-4-13-14(5-9)24-8-19-13/h1-6,8H,7H2,(H,20,21). The Morgan fingerprint density at radius 1 is 1.12 bits per heavy atom. The van der Waals surface area contributed by atoms with Crippen LogP contribution in [0.4, 0.5) is 14.5 Å². The molecule has 0 spiro atoms. The molecule has 3 aromatic rings. The van der Waals surface area contributed by atoms with Crippen molar-refractivity contribution in [1.82, 2.24) is 4.98 Å². The third kappa shape index (κ3) is 3.54. The second-order valence-electron chi connectivity index (χ2n) is 4.79. The van der Waals surface area contributed by atoms with Gasteiger partial charge in [-0.05, 0) is 30.3 Å². The number of nitrogens with one attached hydrogen (secondary N) is 1. The molecule has 0 aliphatic carbocycles. The number of nitrogens with zero attached hydrogens (tertiary/aromatic N) is 1. The lowest BCUT2D eigenvalue weighted by Gasteiger charge is -2.07. The summed E-state index contributed by atoms with van der Waals surface area (Å²) in [6.45, 7) is -0.543. The van der Waals surface area contributed by atoms with E-state index in [1.54, 1.807) is 23.7 Å². The van der Waals surface area contributed by atoms with Crippen LogP contribution in [0.1, 0.15) is 10.4 Å². The first-order valence-electron chi connectivity index (χ1n) is 6.78. The third-order valence-corrected chi connectivity index (χ3v) is 3.90. The summed E-state index contributed by atoms with van der Waals surface area (Å²) in [6.07, 6.45) is 0. The quantitative estimate of drug-likeness (QED) is 0.734. The molecule has 5 nitrogen and oxygen atoms in total. The number of carbonyl (C=O) groups excluding carboxylic acids is 2. The molecular formula is C16H10F2N2O3S. The zero-order valence-corrected chi connectivity index (χ0v) is 12.9. The molecule has 1 N–H and O–H groups in total. The molecule has 0 aliphatic heterocycles. The molecule has 1 amide bonds. The number of amides is 1. The van der Waals surface area contributed by atoms with Gasteiger partial charge in [0.1, 0.15) is 0 Å². The van der Waals surface area contributed by atoms with Gasteiger partial charge in [-0.1, -0.05) is 0 Å². The maximum absolute atomic E-state index is 13.1. The summed E-state index contributed by atoms with van der Waals surface area (Å²) in [5.74, 6) is -3.42. The van der Waals surface area contributed by atoms with Crippen LogP contribution in [0.2, 0.25) is 0 Å². The molecule has 0 atom stereocenters. The van der Waals surface area contributed by atoms with E-state index >= 15 is 0 Å². The van der Waals surface area contributed by atoms with Crippen LogP contribution in [0.15, 0.2) is 41.9 Å². The van der Waals surface area contributed by atoms with E-state index in [0.29, 0.717) is 5.56 Å². The normalized spacial score (nSPS) is 10.6. The summed E-state index contributed by atoms with van der Waals surface area (Å²) < 4.78 is 31.6. The van der Waals surface area contributed by atoms with Gasteiger partial charge < -0.3 is 10.1 Å². The van der Waals surface area contributed by atoms with E-state index in [1.165, 1.54) is 17.4 Å². The predicted molar refractivity (Wildman–Crippen MR) is 84.9 cm³/mol. The second-order valence-corrected chi connectivity index (χ2v) is 5.67. The smallest absolute Gasteiger partial charge is 0.338 e. The molecule has 0 fully saturated rings. The molecule has 0 aliphatic rings. The number of fused-ring (bicyclic) bond motifs is 1. The van der Waals surface area contributed by atoms with Crippen LogP contribution in [-0.4, -0.2) is 23.5 Å². The van der Waals surface area contributed by atoms with Gasteiger partial charge in [0.05, 0.1) is 21.3 Å².